The van der Waals surface area contributed by atoms with E-state index < -0.39 is 0 Å². The molecular formula is C3H3N2S. The molecule has 0 aliphatic heterocycles. The van der Waals surface area contributed by atoms with Gasteiger partial charge in [-0.25, -0.2) is 4.98 Å². The van der Waals surface area contributed by atoms with Gasteiger partial charge in [-0.15, -0.1) is 12.6 Å². The lowest BCUT2D eigenvalue weighted by Gasteiger charge is -1.67. The number of thiol groups is 1. The van der Waals surface area contributed by atoms with Crippen LogP contribution in [0, 0.1) is 6.20 Å². The molecule has 1 heterocycles. The Hall–Kier alpha value is -0.440. The first-order valence-electron chi connectivity index (χ1n) is 1.50. The molecule has 31 valence electrons. The van der Waals surface area contributed by atoms with Gasteiger partial charge in [-0.3, -0.25) is 0 Å². The van der Waals surface area contributed by atoms with Crippen molar-refractivity contribution in [1.82, 2.24) is 9.97 Å². The lowest BCUT2D eigenvalue weighted by molar-refractivity contribution is 1.07. The Morgan fingerprint density at radius 1 is 2.00 bits per heavy atom. The topological polar surface area (TPSA) is 28.7 Å². The van der Waals surface area contributed by atoms with Crippen molar-refractivity contribution < 1.29 is 0 Å². The van der Waals surface area contributed by atoms with Crippen molar-refractivity contribution in [3.05, 3.63) is 12.4 Å². The molecule has 1 aromatic heterocycles. The molecule has 0 spiro atoms. The molecule has 0 bridgehead atoms. The maximum atomic E-state index is 3.84. The van der Waals surface area contributed by atoms with Gasteiger partial charge in [0.1, 0.15) is 6.20 Å². The van der Waals surface area contributed by atoms with Crippen LogP contribution in [0.3, 0.4) is 0 Å². The molecule has 0 aliphatic carbocycles. The first kappa shape index (κ1) is 3.74. The summed E-state index contributed by atoms with van der Waals surface area (Å²) in [5, 5.41) is 0.606. The minimum Gasteiger partial charge on any atom is -0.339 e. The summed E-state index contributed by atoms with van der Waals surface area (Å²) in [6, 6.07) is 0. The average molecular weight is 99.1 g/mol. The largest absolute Gasteiger partial charge is 0.339 e. The molecule has 0 saturated heterocycles. The first-order valence-corrected chi connectivity index (χ1v) is 1.95. The lowest BCUT2D eigenvalue weighted by Crippen LogP contribution is -1.59. The molecule has 1 radical (unpaired) electrons. The van der Waals surface area contributed by atoms with E-state index in [1.165, 1.54) is 0 Å². The summed E-state index contributed by atoms with van der Waals surface area (Å²) >= 11 is 3.84. The fourth-order valence-electron chi connectivity index (χ4n) is 0.223. The first-order chi connectivity index (χ1) is 2.89. The van der Waals surface area contributed by atoms with Crippen LogP contribution in [-0.2, 0) is 0 Å². The third-order valence-electron chi connectivity index (χ3n) is 0.436. The summed E-state index contributed by atoms with van der Waals surface area (Å²) in [5.41, 5.74) is 0. The fraction of sp³-hybridized carbons (Fsp3) is 0. The van der Waals surface area contributed by atoms with Gasteiger partial charge in [-0.2, -0.15) is 0 Å². The van der Waals surface area contributed by atoms with Crippen LogP contribution in [0.1, 0.15) is 0 Å². The third-order valence-corrected chi connectivity index (χ3v) is 0.665. The van der Waals surface area contributed by atoms with Crippen molar-refractivity contribution in [1.29, 1.82) is 0 Å². The van der Waals surface area contributed by atoms with Gasteiger partial charge in [0.2, 0.25) is 0 Å². The molecule has 0 aliphatic rings. The van der Waals surface area contributed by atoms with Gasteiger partial charge in [0.25, 0.3) is 0 Å². The smallest absolute Gasteiger partial charge is 0.162 e. The number of nitrogens with zero attached hydrogens (tertiary/aromatic N) is 1. The molecule has 0 atom stereocenters. The molecule has 0 amide bonds. The number of aromatic nitrogens is 2. The summed E-state index contributed by atoms with van der Waals surface area (Å²) in [4.78, 5) is 6.30. The van der Waals surface area contributed by atoms with E-state index in [9.17, 15) is 0 Å². The number of hydrogen-bond donors (Lipinski definition) is 2. The van der Waals surface area contributed by atoms with Crippen molar-refractivity contribution >= 4 is 12.6 Å². The van der Waals surface area contributed by atoms with Gasteiger partial charge in [-0.05, 0) is 0 Å². The van der Waals surface area contributed by atoms with Crippen LogP contribution in [0.15, 0.2) is 11.4 Å². The van der Waals surface area contributed by atoms with Gasteiger partial charge in [-0.1, -0.05) is 0 Å². The van der Waals surface area contributed by atoms with Crippen LogP contribution in [0.4, 0.5) is 0 Å². The van der Waals surface area contributed by atoms with Crippen molar-refractivity contribution in [2.24, 2.45) is 0 Å². The zero-order valence-corrected chi connectivity index (χ0v) is 3.87. The Labute approximate surface area is 41.0 Å². The van der Waals surface area contributed by atoms with E-state index >= 15 is 0 Å². The van der Waals surface area contributed by atoms with Crippen LogP contribution in [0.2, 0.25) is 0 Å². The van der Waals surface area contributed by atoms with Crippen LogP contribution in [0.5, 0.6) is 0 Å². The molecule has 2 nitrogen and oxygen atoms in total. The van der Waals surface area contributed by atoms with E-state index in [0.717, 1.165) is 0 Å². The average Bonchev–Trinajstić information content (AvgIpc) is 1.86. The lowest BCUT2D eigenvalue weighted by atomic mass is 11.0. The summed E-state index contributed by atoms with van der Waals surface area (Å²) in [5.74, 6) is 0. The monoisotopic (exact) mass is 99.0 g/mol. The number of aromatic amines is 1. The van der Waals surface area contributed by atoms with Gasteiger partial charge >= 0.3 is 0 Å². The van der Waals surface area contributed by atoms with Crippen molar-refractivity contribution in [3.63, 3.8) is 0 Å². The summed E-state index contributed by atoms with van der Waals surface area (Å²) in [6.07, 6.45) is 4.15. The third kappa shape index (κ3) is 0.542. The molecule has 1 N–H and O–H groups in total. The van der Waals surface area contributed by atoms with E-state index in [1.54, 1.807) is 6.20 Å². The minimum absolute atomic E-state index is 0.606. The van der Waals surface area contributed by atoms with E-state index in [4.69, 9.17) is 0 Å². The summed E-state index contributed by atoms with van der Waals surface area (Å²) in [7, 11) is 0. The number of H-pyrrole nitrogens is 1. The Kier molecular flexibility index (Phi) is 0.837. The number of nitrogens with one attached hydrogen (secondary N) is 1. The summed E-state index contributed by atoms with van der Waals surface area (Å²) in [6.45, 7) is 0. The van der Waals surface area contributed by atoms with Crippen LogP contribution >= 0.6 is 12.6 Å². The highest BCUT2D eigenvalue weighted by molar-refractivity contribution is 7.80. The van der Waals surface area contributed by atoms with Crippen LogP contribution < -0.4 is 0 Å². The summed E-state index contributed by atoms with van der Waals surface area (Å²) < 4.78 is 0. The van der Waals surface area contributed by atoms with Crippen molar-refractivity contribution in [2.75, 3.05) is 0 Å². The number of hydrogen-bond acceptors (Lipinski definition) is 2. The van der Waals surface area contributed by atoms with Crippen LogP contribution in [0.25, 0.3) is 0 Å². The quantitative estimate of drug-likeness (QED) is 0.455. The van der Waals surface area contributed by atoms with E-state index in [-0.39, 0.29) is 0 Å². The van der Waals surface area contributed by atoms with E-state index in [1.807, 2.05) is 0 Å². The highest BCUT2D eigenvalue weighted by atomic mass is 32.1. The normalized spacial score (nSPS) is 8.83. The molecule has 1 aromatic rings. The zero-order valence-electron chi connectivity index (χ0n) is 2.97. The Bertz CT molecular complexity index is 112. The molecule has 0 aromatic carbocycles. The number of rotatable bonds is 0. The van der Waals surface area contributed by atoms with Gasteiger partial charge in [0.05, 0.1) is 0 Å². The molecule has 0 saturated carbocycles. The van der Waals surface area contributed by atoms with Crippen molar-refractivity contribution in [2.45, 2.75) is 5.16 Å². The standard InChI is InChI=1S/C3H3N2S/c6-3-4-1-2-5-3/h1H,(H2,4,5,6). The van der Waals surface area contributed by atoms with Gasteiger partial charge < -0.3 is 4.98 Å². The van der Waals surface area contributed by atoms with E-state index in [2.05, 4.69) is 28.8 Å². The highest BCUT2D eigenvalue weighted by Gasteiger charge is 1.76. The molecule has 0 unspecified atom stereocenters. The van der Waals surface area contributed by atoms with Crippen molar-refractivity contribution in [3.8, 4) is 0 Å². The SMILES string of the molecule is Sc1n[c]c[nH]1. The molecule has 0 fully saturated rings. The second-order valence-electron chi connectivity index (χ2n) is 0.853. The predicted octanol–water partition coefficient (Wildman–Crippen LogP) is 0.499. The molecule has 1 rings (SSSR count). The Morgan fingerprint density at radius 2 is 2.83 bits per heavy atom. The van der Waals surface area contributed by atoms with E-state index in [0.29, 0.717) is 5.16 Å². The second-order valence-corrected chi connectivity index (χ2v) is 1.28. The predicted molar refractivity (Wildman–Crippen MR) is 24.7 cm³/mol. The Balaban J connectivity index is 3.05. The second kappa shape index (κ2) is 1.34. The van der Waals surface area contributed by atoms with Gasteiger partial charge in [0.15, 0.2) is 5.16 Å². The Morgan fingerprint density at radius 3 is 3.00 bits per heavy atom. The van der Waals surface area contributed by atoms with Crippen LogP contribution in [-0.4, -0.2) is 9.97 Å². The minimum atomic E-state index is 0.606. The maximum Gasteiger partial charge on any atom is 0.162 e. The maximum absolute atomic E-state index is 3.84. The highest BCUT2D eigenvalue weighted by Crippen LogP contribution is 1.89. The number of imidazole rings is 1. The van der Waals surface area contributed by atoms with Gasteiger partial charge in [0, 0.05) is 6.20 Å². The molecular weight excluding hydrogens is 96.1 g/mol. The zero-order chi connectivity index (χ0) is 4.41. The fourth-order valence-corrected chi connectivity index (χ4v) is 0.345. The molecule has 3 heteroatoms. The molecule has 6 heavy (non-hydrogen) atoms.